The predicted molar refractivity (Wildman–Crippen MR) is 95.2 cm³/mol. The highest BCUT2D eigenvalue weighted by atomic mass is 35.5. The fraction of sp³-hybridized carbons (Fsp3) is 0.235. The summed E-state index contributed by atoms with van der Waals surface area (Å²) in [5, 5.41) is 0.125. The molecule has 2 aromatic rings. The number of nitrogens with zero attached hydrogens (tertiary/aromatic N) is 1. The van der Waals surface area contributed by atoms with E-state index in [1.165, 1.54) is 43.8 Å². The molecule has 0 unspecified atom stereocenters. The lowest BCUT2D eigenvalue weighted by atomic mass is 9.99. The van der Waals surface area contributed by atoms with Crippen LogP contribution in [0, 0.1) is 0 Å². The van der Waals surface area contributed by atoms with E-state index in [1.54, 1.807) is 0 Å². The minimum absolute atomic E-state index is 0.0222. The smallest absolute Gasteiger partial charge is 0.497 e. The van der Waals surface area contributed by atoms with Crippen LogP contribution in [0.3, 0.4) is 0 Å². The van der Waals surface area contributed by atoms with Crippen molar-refractivity contribution in [3.63, 3.8) is 0 Å². The minimum atomic E-state index is -5.93. The summed E-state index contributed by atoms with van der Waals surface area (Å²) in [6.07, 6.45) is 2.72. The maximum absolute atomic E-state index is 13.0. The molecule has 0 saturated heterocycles. The fourth-order valence-corrected chi connectivity index (χ4v) is 3.34. The van der Waals surface area contributed by atoms with Gasteiger partial charge in [0.2, 0.25) is 0 Å². The van der Waals surface area contributed by atoms with Crippen molar-refractivity contribution < 1.29 is 35.2 Å². The summed E-state index contributed by atoms with van der Waals surface area (Å²) in [6, 6.07) is 5.68. The summed E-state index contributed by atoms with van der Waals surface area (Å²) in [4.78, 5) is 3.83. The first-order valence-electron chi connectivity index (χ1n) is 7.79. The SMILES string of the molecule is COc1ccc2c(c1)OCCC(c1ccncc1Cl)=C2OS(=O)(=O)C(F)(F)F. The average molecular weight is 436 g/mol. The van der Waals surface area contributed by atoms with Crippen LogP contribution in [-0.4, -0.2) is 32.6 Å². The number of hydrogen-bond acceptors (Lipinski definition) is 6. The van der Waals surface area contributed by atoms with E-state index in [9.17, 15) is 21.6 Å². The first-order chi connectivity index (χ1) is 13.1. The molecule has 11 heteroatoms. The van der Waals surface area contributed by atoms with Crippen LogP contribution in [0.15, 0.2) is 36.7 Å². The highest BCUT2D eigenvalue weighted by Gasteiger charge is 2.49. The maximum atomic E-state index is 13.0. The van der Waals surface area contributed by atoms with Crippen molar-refractivity contribution >= 4 is 33.1 Å². The van der Waals surface area contributed by atoms with Crippen molar-refractivity contribution in [2.75, 3.05) is 13.7 Å². The van der Waals surface area contributed by atoms with Crippen molar-refractivity contribution in [2.24, 2.45) is 0 Å². The third-order valence-corrected chi connectivity index (χ3v) is 5.15. The largest absolute Gasteiger partial charge is 0.534 e. The molecule has 0 fully saturated rings. The molecule has 0 radical (unpaired) electrons. The number of fused-ring (bicyclic) bond motifs is 1. The van der Waals surface area contributed by atoms with E-state index in [-0.39, 0.29) is 40.5 Å². The monoisotopic (exact) mass is 435 g/mol. The zero-order valence-electron chi connectivity index (χ0n) is 14.3. The maximum Gasteiger partial charge on any atom is 0.534 e. The molecule has 28 heavy (non-hydrogen) atoms. The van der Waals surface area contributed by atoms with Crippen LogP contribution in [0.1, 0.15) is 17.5 Å². The standard InChI is InChI=1S/C17H13ClF3NO5S/c1-25-10-2-3-13-15(8-10)26-7-5-12(11-4-6-22-9-14(11)18)16(13)27-28(23,24)17(19,20)21/h2-4,6,8-9H,5,7H2,1H3. The Bertz CT molecular complexity index is 1040. The number of ether oxygens (including phenoxy) is 2. The molecule has 1 aliphatic heterocycles. The summed E-state index contributed by atoms with van der Waals surface area (Å²) in [7, 11) is -4.52. The van der Waals surface area contributed by atoms with Gasteiger partial charge in [0.25, 0.3) is 0 Å². The number of methoxy groups -OCH3 is 1. The van der Waals surface area contributed by atoms with Crippen LogP contribution < -0.4 is 9.47 Å². The first kappa shape index (κ1) is 20.3. The summed E-state index contributed by atoms with van der Waals surface area (Å²) in [5.41, 5.74) is -5.15. The normalized spacial score (nSPS) is 14.8. The summed E-state index contributed by atoms with van der Waals surface area (Å²) >= 11 is 6.13. The third-order valence-electron chi connectivity index (χ3n) is 3.89. The van der Waals surface area contributed by atoms with Crippen LogP contribution in [0.5, 0.6) is 11.5 Å². The molecule has 6 nitrogen and oxygen atoms in total. The van der Waals surface area contributed by atoms with Crippen molar-refractivity contribution in [3.8, 4) is 11.5 Å². The van der Waals surface area contributed by atoms with Gasteiger partial charge in [0.05, 0.1) is 24.3 Å². The number of halogens is 4. The molecule has 0 aliphatic carbocycles. The van der Waals surface area contributed by atoms with Gasteiger partial charge in [-0.3, -0.25) is 4.98 Å². The Hall–Kier alpha value is -2.46. The molecule has 150 valence electrons. The van der Waals surface area contributed by atoms with Crippen molar-refractivity contribution in [1.82, 2.24) is 4.98 Å². The molecular weight excluding hydrogens is 423 g/mol. The van der Waals surface area contributed by atoms with E-state index in [4.69, 9.17) is 21.1 Å². The molecule has 0 spiro atoms. The van der Waals surface area contributed by atoms with E-state index in [1.807, 2.05) is 0 Å². The lowest BCUT2D eigenvalue weighted by Crippen LogP contribution is -2.25. The Labute approximate surface area is 163 Å². The van der Waals surface area contributed by atoms with Gasteiger partial charge in [0, 0.05) is 36.0 Å². The molecule has 0 bridgehead atoms. The van der Waals surface area contributed by atoms with Gasteiger partial charge >= 0.3 is 15.6 Å². The van der Waals surface area contributed by atoms with E-state index < -0.39 is 21.4 Å². The topological polar surface area (TPSA) is 74.7 Å². The molecular formula is C17H13ClF3NO5S. The molecule has 0 N–H and O–H groups in total. The second kappa shape index (κ2) is 7.51. The lowest BCUT2D eigenvalue weighted by Gasteiger charge is -2.17. The minimum Gasteiger partial charge on any atom is -0.497 e. The zero-order chi connectivity index (χ0) is 20.5. The average Bonchev–Trinajstić information content (AvgIpc) is 2.80. The van der Waals surface area contributed by atoms with Gasteiger partial charge in [-0.05, 0) is 18.2 Å². The van der Waals surface area contributed by atoms with E-state index in [2.05, 4.69) is 9.17 Å². The molecule has 1 aromatic heterocycles. The third kappa shape index (κ3) is 3.88. The fourth-order valence-electron chi connectivity index (χ4n) is 2.60. The lowest BCUT2D eigenvalue weighted by molar-refractivity contribution is -0.0509. The van der Waals surface area contributed by atoms with Crippen LogP contribution in [0.4, 0.5) is 13.2 Å². The second-order valence-electron chi connectivity index (χ2n) is 5.61. The predicted octanol–water partition coefficient (Wildman–Crippen LogP) is 4.26. The van der Waals surface area contributed by atoms with Crippen LogP contribution in [-0.2, 0) is 14.3 Å². The molecule has 0 saturated carbocycles. The number of benzene rings is 1. The van der Waals surface area contributed by atoms with Crippen LogP contribution in [0.25, 0.3) is 11.3 Å². The number of alkyl halides is 3. The molecule has 0 atom stereocenters. The Morgan fingerprint density at radius 3 is 2.61 bits per heavy atom. The van der Waals surface area contributed by atoms with Gasteiger partial charge < -0.3 is 13.7 Å². The van der Waals surface area contributed by atoms with Gasteiger partial charge in [-0.1, -0.05) is 11.6 Å². The number of aromatic nitrogens is 1. The van der Waals surface area contributed by atoms with Gasteiger partial charge in [0.15, 0.2) is 5.76 Å². The number of pyridine rings is 1. The van der Waals surface area contributed by atoms with E-state index >= 15 is 0 Å². The zero-order valence-corrected chi connectivity index (χ0v) is 15.9. The Morgan fingerprint density at radius 2 is 1.96 bits per heavy atom. The molecule has 2 heterocycles. The number of hydrogen-bond donors (Lipinski definition) is 0. The highest BCUT2D eigenvalue weighted by molar-refractivity contribution is 7.87. The van der Waals surface area contributed by atoms with Crippen molar-refractivity contribution in [3.05, 3.63) is 52.8 Å². The Kier molecular flexibility index (Phi) is 5.44. The molecule has 1 aliphatic rings. The first-order valence-corrected chi connectivity index (χ1v) is 9.57. The Morgan fingerprint density at radius 1 is 1.21 bits per heavy atom. The quantitative estimate of drug-likeness (QED) is 0.527. The van der Waals surface area contributed by atoms with Gasteiger partial charge in [-0.2, -0.15) is 21.6 Å². The summed E-state index contributed by atoms with van der Waals surface area (Å²) in [6.45, 7) is 0.0487. The van der Waals surface area contributed by atoms with Crippen LogP contribution >= 0.6 is 11.6 Å². The van der Waals surface area contributed by atoms with Gasteiger partial charge in [-0.15, -0.1) is 0 Å². The second-order valence-corrected chi connectivity index (χ2v) is 7.55. The van der Waals surface area contributed by atoms with Gasteiger partial charge in [-0.25, -0.2) is 0 Å². The molecule has 0 amide bonds. The number of rotatable bonds is 4. The molecule has 1 aromatic carbocycles. The highest BCUT2D eigenvalue weighted by Crippen LogP contribution is 2.43. The van der Waals surface area contributed by atoms with Crippen LogP contribution in [0.2, 0.25) is 5.02 Å². The Balaban J connectivity index is 2.27. The van der Waals surface area contributed by atoms with Crippen molar-refractivity contribution in [2.45, 2.75) is 11.9 Å². The summed E-state index contributed by atoms with van der Waals surface area (Å²) < 4.78 is 77.6. The molecule has 3 rings (SSSR count). The summed E-state index contributed by atoms with van der Waals surface area (Å²) in [5.74, 6) is -0.0188. The van der Waals surface area contributed by atoms with Crippen molar-refractivity contribution in [1.29, 1.82) is 0 Å². The van der Waals surface area contributed by atoms with E-state index in [0.717, 1.165) is 0 Å². The van der Waals surface area contributed by atoms with Gasteiger partial charge in [0.1, 0.15) is 11.5 Å². The van der Waals surface area contributed by atoms with E-state index in [0.29, 0.717) is 5.75 Å².